The number of nitrogens with zero attached hydrogens (tertiary/aromatic N) is 2. The summed E-state index contributed by atoms with van der Waals surface area (Å²) in [4.78, 5) is 23.2. The van der Waals surface area contributed by atoms with E-state index in [0.717, 1.165) is 33.4 Å². The molecule has 3 atom stereocenters. The van der Waals surface area contributed by atoms with Crippen molar-refractivity contribution < 1.29 is 14.7 Å². The van der Waals surface area contributed by atoms with Crippen molar-refractivity contribution in [1.82, 2.24) is 4.90 Å². The zero-order chi connectivity index (χ0) is 26.4. The van der Waals surface area contributed by atoms with Crippen LogP contribution in [-0.2, 0) is 16.1 Å². The number of halogens is 1. The molecule has 5 nitrogen and oxygen atoms in total. The minimum atomic E-state index is -1.30. The molecule has 4 aromatic carbocycles. The zero-order valence-corrected chi connectivity index (χ0v) is 21.8. The number of amides is 1. The predicted molar refractivity (Wildman–Crippen MR) is 149 cm³/mol. The van der Waals surface area contributed by atoms with E-state index in [4.69, 9.17) is 16.4 Å². The van der Waals surface area contributed by atoms with Crippen molar-refractivity contribution in [2.75, 3.05) is 6.54 Å². The van der Waals surface area contributed by atoms with Gasteiger partial charge in [-0.25, -0.2) is 0 Å². The maximum atomic E-state index is 15.0. The molecule has 2 bridgehead atoms. The molecule has 3 aliphatic carbocycles. The quantitative estimate of drug-likeness (QED) is 0.378. The normalized spacial score (nSPS) is 29.3. The average molecular weight is 533 g/mol. The Labute approximate surface area is 231 Å². The van der Waals surface area contributed by atoms with Gasteiger partial charge >= 0.3 is 0 Å². The lowest BCUT2D eigenvalue weighted by atomic mass is 9.44. The average Bonchev–Trinajstić information content (AvgIpc) is 3.44. The van der Waals surface area contributed by atoms with Crippen LogP contribution in [0, 0.1) is 5.41 Å². The third kappa shape index (κ3) is 2.69. The molecule has 3 unspecified atom stereocenters. The molecule has 0 radical (unpaired) electrons. The Morgan fingerprint density at radius 3 is 1.97 bits per heavy atom. The Balaban J connectivity index is 1.38. The number of likely N-dealkylation sites (tertiary alicyclic amines) is 1. The van der Waals surface area contributed by atoms with Crippen molar-refractivity contribution in [2.24, 2.45) is 10.6 Å². The smallest absolute Gasteiger partial charge is 0.242 e. The molecular formula is C33H25ClN2O3. The number of carbonyl (C=O) groups excluding carboxylic acids is 1. The fourth-order valence-electron chi connectivity index (χ4n) is 7.80. The molecule has 9 rings (SSSR count). The largest absolute Gasteiger partial charge is 0.381 e. The molecule has 0 spiro atoms. The summed E-state index contributed by atoms with van der Waals surface area (Å²) in [6.45, 7) is 0.372. The van der Waals surface area contributed by atoms with Crippen molar-refractivity contribution in [3.8, 4) is 0 Å². The zero-order valence-electron chi connectivity index (χ0n) is 21.0. The Morgan fingerprint density at radius 2 is 1.36 bits per heavy atom. The molecule has 5 aliphatic rings. The summed E-state index contributed by atoms with van der Waals surface area (Å²) >= 11 is 6.25. The van der Waals surface area contributed by atoms with Crippen molar-refractivity contribution in [3.05, 3.63) is 142 Å². The fraction of sp³-hybridized carbons (Fsp3) is 0.212. The van der Waals surface area contributed by atoms with Gasteiger partial charge in [-0.05, 0) is 46.4 Å². The Morgan fingerprint density at radius 1 is 0.795 bits per heavy atom. The maximum Gasteiger partial charge on any atom is 0.242 e. The van der Waals surface area contributed by atoms with Crippen LogP contribution in [0.1, 0.15) is 45.2 Å². The lowest BCUT2D eigenvalue weighted by molar-refractivity contribution is -0.171. The van der Waals surface area contributed by atoms with Gasteiger partial charge in [-0.15, -0.1) is 0 Å². The molecule has 6 heteroatoms. The summed E-state index contributed by atoms with van der Waals surface area (Å²) in [6, 6.07) is 34.0. The summed E-state index contributed by atoms with van der Waals surface area (Å²) in [7, 11) is 0. The molecule has 0 saturated carbocycles. The van der Waals surface area contributed by atoms with E-state index in [0.29, 0.717) is 23.7 Å². The van der Waals surface area contributed by atoms with Gasteiger partial charge in [0.05, 0.1) is 5.92 Å². The highest BCUT2D eigenvalue weighted by Crippen LogP contribution is 2.73. The highest BCUT2D eigenvalue weighted by Gasteiger charge is 2.85. The Hall–Kier alpha value is -3.93. The first-order valence-electron chi connectivity index (χ1n) is 13.3. The monoisotopic (exact) mass is 532 g/mol. The van der Waals surface area contributed by atoms with Gasteiger partial charge in [-0.1, -0.05) is 108 Å². The van der Waals surface area contributed by atoms with Crippen LogP contribution < -0.4 is 0 Å². The van der Waals surface area contributed by atoms with E-state index in [9.17, 15) is 5.11 Å². The third-order valence-corrected chi connectivity index (χ3v) is 9.51. The number of oxime groups is 1. The van der Waals surface area contributed by atoms with Crippen LogP contribution in [-0.4, -0.2) is 40.0 Å². The summed E-state index contributed by atoms with van der Waals surface area (Å²) in [5.41, 5.74) is 4.26. The van der Waals surface area contributed by atoms with E-state index in [1.165, 1.54) is 0 Å². The summed E-state index contributed by atoms with van der Waals surface area (Å²) in [5.74, 6) is -0.879. The lowest BCUT2D eigenvalue weighted by Crippen LogP contribution is -2.66. The first-order chi connectivity index (χ1) is 19.1. The van der Waals surface area contributed by atoms with Gasteiger partial charge in [0.2, 0.25) is 11.5 Å². The molecule has 1 saturated heterocycles. The van der Waals surface area contributed by atoms with Crippen LogP contribution in [0.15, 0.2) is 108 Å². The van der Waals surface area contributed by atoms with E-state index in [-0.39, 0.29) is 17.7 Å². The minimum Gasteiger partial charge on any atom is -0.381 e. The number of hydrogen-bond donors (Lipinski definition) is 1. The van der Waals surface area contributed by atoms with Crippen molar-refractivity contribution in [3.63, 3.8) is 0 Å². The maximum absolute atomic E-state index is 15.0. The summed E-state index contributed by atoms with van der Waals surface area (Å²) in [5, 5.41) is 17.5. The Bertz CT molecular complexity index is 1620. The molecule has 1 N–H and O–H groups in total. The lowest BCUT2D eigenvalue weighted by Gasteiger charge is -2.56. The van der Waals surface area contributed by atoms with Crippen molar-refractivity contribution in [2.45, 2.75) is 30.1 Å². The predicted octanol–water partition coefficient (Wildman–Crippen LogP) is 5.49. The highest BCUT2D eigenvalue weighted by atomic mass is 35.5. The molecule has 192 valence electrons. The van der Waals surface area contributed by atoms with Gasteiger partial charge in [0.15, 0.2) is 11.6 Å². The van der Waals surface area contributed by atoms with Gasteiger partial charge in [0.1, 0.15) is 5.71 Å². The third-order valence-electron chi connectivity index (χ3n) is 9.25. The second-order valence-electron chi connectivity index (χ2n) is 10.9. The van der Waals surface area contributed by atoms with E-state index in [1.54, 1.807) is 4.90 Å². The topological polar surface area (TPSA) is 62.1 Å². The van der Waals surface area contributed by atoms with E-state index in [2.05, 4.69) is 29.4 Å². The van der Waals surface area contributed by atoms with Crippen LogP contribution in [0.3, 0.4) is 0 Å². The van der Waals surface area contributed by atoms with E-state index >= 15 is 4.79 Å². The van der Waals surface area contributed by atoms with Gasteiger partial charge in [-0.2, -0.15) is 0 Å². The molecular weight excluding hydrogens is 508 g/mol. The van der Waals surface area contributed by atoms with Crippen LogP contribution in [0.2, 0.25) is 5.02 Å². The van der Waals surface area contributed by atoms with Crippen LogP contribution in [0.5, 0.6) is 0 Å². The van der Waals surface area contributed by atoms with E-state index < -0.39 is 17.2 Å². The molecule has 2 aliphatic heterocycles. The van der Waals surface area contributed by atoms with Crippen molar-refractivity contribution >= 4 is 23.2 Å². The molecule has 0 aromatic heterocycles. The van der Waals surface area contributed by atoms with Gasteiger partial charge in [0, 0.05) is 23.0 Å². The molecule has 2 heterocycles. The second kappa shape index (κ2) is 8.04. The number of benzene rings is 4. The van der Waals surface area contributed by atoms with Gasteiger partial charge < -0.3 is 14.8 Å². The first-order valence-corrected chi connectivity index (χ1v) is 13.7. The molecule has 39 heavy (non-hydrogen) atoms. The van der Waals surface area contributed by atoms with Crippen molar-refractivity contribution in [1.29, 1.82) is 0 Å². The SMILES string of the molecule is O=C1N(CCc2ccccc2)C(O)C23ON=C(c4ccc(Cl)cc4)C12C1c2ccccc2C3c2ccccc21. The van der Waals surface area contributed by atoms with E-state index in [1.807, 2.05) is 78.9 Å². The number of hydrogen-bond acceptors (Lipinski definition) is 4. The second-order valence-corrected chi connectivity index (χ2v) is 11.3. The number of aliphatic hydroxyl groups is 1. The highest BCUT2D eigenvalue weighted by molar-refractivity contribution is 6.31. The van der Waals surface area contributed by atoms with Crippen LogP contribution >= 0.6 is 11.6 Å². The first kappa shape index (κ1) is 23.0. The van der Waals surface area contributed by atoms with Gasteiger partial charge in [-0.3, -0.25) is 4.79 Å². The number of carbonyl (C=O) groups is 1. The number of rotatable bonds is 4. The summed E-state index contributed by atoms with van der Waals surface area (Å²) < 4.78 is 0. The van der Waals surface area contributed by atoms with Gasteiger partial charge in [0.25, 0.3) is 0 Å². The molecule has 1 fully saturated rings. The van der Waals surface area contributed by atoms with Crippen LogP contribution in [0.25, 0.3) is 0 Å². The fourth-order valence-corrected chi connectivity index (χ4v) is 7.92. The summed E-state index contributed by atoms with van der Waals surface area (Å²) in [6.07, 6.45) is -0.560. The molecule has 4 aromatic rings. The minimum absolute atomic E-state index is 0.142. The number of aliphatic hydroxyl groups excluding tert-OH is 1. The van der Waals surface area contributed by atoms with Crippen LogP contribution in [0.4, 0.5) is 0 Å². The standard InChI is InChI=1S/C33H25ClN2O3/c34-22-16-14-21(15-17-22)29-32-27-23-10-4-6-12-25(23)28(26-13-7-5-11-24(26)27)33(32,39-35-29)31(38)36(30(32)37)19-18-20-8-2-1-3-9-20/h1-17,27-28,31,38H,18-19H2. The molecule has 1 amide bonds. The Kier molecular flexibility index (Phi) is 4.74.